The van der Waals surface area contributed by atoms with Crippen molar-refractivity contribution in [2.75, 3.05) is 13.2 Å². The molecule has 1 unspecified atom stereocenters. The fraction of sp³-hybridized carbons (Fsp3) is 0.571. The molecule has 3 atom stereocenters. The third kappa shape index (κ3) is 3.04. The van der Waals surface area contributed by atoms with E-state index in [4.69, 9.17) is 18.9 Å². The number of hydrogen-bond acceptors (Lipinski definition) is 10. The second-order valence-corrected chi connectivity index (χ2v) is 13.1. The maximum Gasteiger partial charge on any atom is 0.208 e. The van der Waals surface area contributed by atoms with Crippen LogP contribution in [0, 0.1) is 0 Å². The zero-order valence-electron chi connectivity index (χ0n) is 12.8. The summed E-state index contributed by atoms with van der Waals surface area (Å²) in [6, 6.07) is 0. The van der Waals surface area contributed by atoms with Crippen molar-refractivity contribution in [1.29, 1.82) is 0 Å². The lowest BCUT2D eigenvalue weighted by molar-refractivity contribution is -0.0486. The van der Waals surface area contributed by atoms with Gasteiger partial charge in [0.1, 0.15) is 17.8 Å². The summed E-state index contributed by atoms with van der Waals surface area (Å²) in [5.41, 5.74) is 0. The maximum atomic E-state index is 5.94. The van der Waals surface area contributed by atoms with Gasteiger partial charge in [-0.1, -0.05) is 47.0 Å². The van der Waals surface area contributed by atoms with Crippen LogP contribution in [-0.2, 0) is 18.9 Å². The van der Waals surface area contributed by atoms with E-state index in [2.05, 4.69) is 13.8 Å². The molecule has 1 saturated heterocycles. The fourth-order valence-electron chi connectivity index (χ4n) is 2.45. The lowest BCUT2D eigenvalue weighted by atomic mass is 10.3. The van der Waals surface area contributed by atoms with Gasteiger partial charge < -0.3 is 18.9 Å². The van der Waals surface area contributed by atoms with Crippen molar-refractivity contribution in [1.82, 2.24) is 0 Å². The van der Waals surface area contributed by atoms with E-state index in [9.17, 15) is 0 Å². The second-order valence-electron chi connectivity index (χ2n) is 5.48. The highest BCUT2D eigenvalue weighted by Gasteiger charge is 2.44. The third-order valence-corrected chi connectivity index (χ3v) is 12.7. The Morgan fingerprint density at radius 1 is 0.708 bits per heavy atom. The maximum absolute atomic E-state index is 5.94. The molecule has 0 saturated carbocycles. The average Bonchev–Trinajstić information content (AvgIpc) is 3.29. The van der Waals surface area contributed by atoms with Gasteiger partial charge >= 0.3 is 0 Å². The molecule has 0 aromatic heterocycles. The largest absolute Gasteiger partial charge is 0.480 e. The molecule has 0 amide bonds. The molecule has 0 aromatic carbocycles. The van der Waals surface area contributed by atoms with E-state index < -0.39 is 0 Å². The zero-order valence-corrected chi connectivity index (χ0v) is 17.7. The summed E-state index contributed by atoms with van der Waals surface area (Å²) < 4.78 is 28.9. The first kappa shape index (κ1) is 17.0. The van der Waals surface area contributed by atoms with Gasteiger partial charge in [0.25, 0.3) is 0 Å². The number of thioether (sulfide) groups is 6. The first-order valence-corrected chi connectivity index (χ1v) is 12.5. The van der Waals surface area contributed by atoms with Crippen molar-refractivity contribution in [3.63, 3.8) is 0 Å². The molecule has 0 N–H and O–H groups in total. The summed E-state index contributed by atoms with van der Waals surface area (Å²) >= 11 is 10.9. The fourth-order valence-corrected chi connectivity index (χ4v) is 11.9. The summed E-state index contributed by atoms with van der Waals surface area (Å²) in [7, 11) is 0. The summed E-state index contributed by atoms with van der Waals surface area (Å²) in [5.74, 6) is 0. The molecule has 10 heteroatoms. The van der Waals surface area contributed by atoms with Crippen molar-refractivity contribution in [2.45, 2.75) is 36.9 Å². The second kappa shape index (κ2) is 6.78. The van der Waals surface area contributed by atoms with Crippen molar-refractivity contribution >= 4 is 70.6 Å². The van der Waals surface area contributed by atoms with Gasteiger partial charge in [-0.25, -0.2) is 0 Å². The molecule has 5 rings (SSSR count). The van der Waals surface area contributed by atoms with E-state index in [0.717, 1.165) is 10.2 Å². The molecule has 1 fully saturated rings. The summed E-state index contributed by atoms with van der Waals surface area (Å²) in [4.78, 5) is 0. The van der Waals surface area contributed by atoms with Gasteiger partial charge in [0.2, 0.25) is 10.2 Å². The van der Waals surface area contributed by atoms with Crippen molar-refractivity contribution in [3.8, 4) is 0 Å². The van der Waals surface area contributed by atoms with Crippen molar-refractivity contribution in [3.05, 3.63) is 27.1 Å². The van der Waals surface area contributed by atoms with Gasteiger partial charge in [0.15, 0.2) is 6.29 Å². The zero-order chi connectivity index (χ0) is 16.3. The van der Waals surface area contributed by atoms with Crippen LogP contribution in [0.4, 0.5) is 0 Å². The molecule has 0 bridgehead atoms. The number of hydrogen-bond donors (Lipinski definition) is 0. The molecule has 0 aliphatic carbocycles. The molecule has 5 aliphatic heterocycles. The standard InChI is InChI=1S/C14H14O4S6/c1-5-6(2)18-7(17-5)10-21-13-14(22-10)24-12(23-13)11-19-8-9(20-11)16-4-3-15-8/h5-7,10H,3-4H2,1-2H3/t5-,6+,7?. The summed E-state index contributed by atoms with van der Waals surface area (Å²) in [6.45, 7) is 5.45. The monoisotopic (exact) mass is 438 g/mol. The van der Waals surface area contributed by atoms with Crippen LogP contribution in [-0.4, -0.2) is 36.3 Å². The van der Waals surface area contributed by atoms with E-state index in [1.165, 1.54) is 16.9 Å². The molecule has 0 spiro atoms. The lowest BCUT2D eigenvalue weighted by Crippen LogP contribution is -2.20. The Hall–Kier alpha value is 0.840. The molecule has 5 aliphatic rings. The smallest absolute Gasteiger partial charge is 0.208 e. The van der Waals surface area contributed by atoms with Gasteiger partial charge in [-0.15, -0.1) is 0 Å². The average molecular weight is 439 g/mol. The minimum absolute atomic E-state index is 0.112. The van der Waals surface area contributed by atoms with Gasteiger partial charge in [0.05, 0.1) is 29.2 Å². The van der Waals surface area contributed by atoms with Crippen LogP contribution in [0.5, 0.6) is 0 Å². The molecule has 5 heterocycles. The van der Waals surface area contributed by atoms with Crippen LogP contribution in [0.25, 0.3) is 0 Å². The van der Waals surface area contributed by atoms with Crippen LogP contribution >= 0.6 is 70.6 Å². The SMILES string of the molecule is C[C@@H]1OC(C2SC3=C(SC(=C4SC5=C(OCCO5)S4)S3)S2)O[C@@H]1C. The predicted octanol–water partition coefficient (Wildman–Crippen LogP) is 5.33. The van der Waals surface area contributed by atoms with Gasteiger partial charge in [-0.05, 0) is 37.4 Å². The molecule has 4 nitrogen and oxygen atoms in total. The first-order valence-electron chi connectivity index (χ1n) is 7.51. The molecule has 0 radical (unpaired) electrons. The third-order valence-electron chi connectivity index (χ3n) is 3.82. The van der Waals surface area contributed by atoms with E-state index in [1.807, 2.05) is 47.0 Å². The molecule has 130 valence electrons. The van der Waals surface area contributed by atoms with Crippen molar-refractivity contribution in [2.24, 2.45) is 0 Å². The van der Waals surface area contributed by atoms with Crippen molar-refractivity contribution < 1.29 is 18.9 Å². The van der Waals surface area contributed by atoms with Gasteiger partial charge in [-0.3, -0.25) is 0 Å². The Morgan fingerprint density at radius 3 is 1.75 bits per heavy atom. The predicted molar refractivity (Wildman–Crippen MR) is 107 cm³/mol. The number of rotatable bonds is 1. The lowest BCUT2D eigenvalue weighted by Gasteiger charge is -2.17. The van der Waals surface area contributed by atoms with Crippen LogP contribution < -0.4 is 0 Å². The van der Waals surface area contributed by atoms with E-state index in [0.29, 0.717) is 17.8 Å². The van der Waals surface area contributed by atoms with Gasteiger partial charge in [-0.2, -0.15) is 0 Å². The van der Waals surface area contributed by atoms with Gasteiger partial charge in [0, 0.05) is 0 Å². The molecule has 0 aromatic rings. The van der Waals surface area contributed by atoms with Crippen LogP contribution in [0.1, 0.15) is 13.8 Å². The van der Waals surface area contributed by atoms with E-state index >= 15 is 0 Å². The number of ether oxygens (including phenoxy) is 4. The molecular weight excluding hydrogens is 425 g/mol. The van der Waals surface area contributed by atoms with E-state index in [1.54, 1.807) is 23.5 Å². The summed E-state index contributed by atoms with van der Waals surface area (Å²) in [5, 5.41) is 1.85. The highest BCUT2D eigenvalue weighted by molar-refractivity contribution is 8.47. The summed E-state index contributed by atoms with van der Waals surface area (Å²) in [6.07, 6.45) is 0.237. The minimum Gasteiger partial charge on any atom is -0.480 e. The Labute approximate surface area is 166 Å². The molecular formula is C14H14O4S6. The minimum atomic E-state index is -0.112. The Balaban J connectivity index is 1.23. The highest BCUT2D eigenvalue weighted by Crippen LogP contribution is 2.69. The Morgan fingerprint density at radius 2 is 1.21 bits per heavy atom. The van der Waals surface area contributed by atoms with Crippen LogP contribution in [0.15, 0.2) is 27.1 Å². The van der Waals surface area contributed by atoms with Crippen LogP contribution in [0.3, 0.4) is 0 Å². The Bertz CT molecular complexity index is 624. The Kier molecular flexibility index (Phi) is 4.79. The van der Waals surface area contributed by atoms with E-state index in [-0.39, 0.29) is 18.5 Å². The first-order chi connectivity index (χ1) is 11.7. The van der Waals surface area contributed by atoms with Crippen LogP contribution in [0.2, 0.25) is 0 Å². The highest BCUT2D eigenvalue weighted by atomic mass is 32.3. The topological polar surface area (TPSA) is 36.9 Å². The quantitative estimate of drug-likeness (QED) is 0.536. The molecule has 24 heavy (non-hydrogen) atoms. The normalized spacial score (nSPS) is 36.3.